The van der Waals surface area contributed by atoms with Crippen molar-refractivity contribution in [1.82, 2.24) is 4.90 Å². The highest BCUT2D eigenvalue weighted by atomic mass is 15.2. The maximum Gasteiger partial charge on any atom is 0.0111 e. The standard InChI is InChI=1S/C11H22N2/c12-8-7-11-6-3-9-13(11)10-4-1-2-5-10/h10-11H,1-9,12H2/t11-/m1/s1. The summed E-state index contributed by atoms with van der Waals surface area (Å²) in [6.45, 7) is 2.21. The minimum atomic E-state index is 0.827. The molecule has 2 nitrogen and oxygen atoms in total. The molecule has 0 aromatic rings. The first-order valence-electron chi connectivity index (χ1n) is 5.87. The zero-order chi connectivity index (χ0) is 9.10. The van der Waals surface area contributed by atoms with Gasteiger partial charge in [0.2, 0.25) is 0 Å². The number of likely N-dealkylation sites (tertiary alicyclic amines) is 1. The average molecular weight is 182 g/mol. The molecule has 0 spiro atoms. The average Bonchev–Trinajstić information content (AvgIpc) is 2.71. The lowest BCUT2D eigenvalue weighted by Gasteiger charge is -2.30. The Labute approximate surface area is 81.5 Å². The fraction of sp³-hybridized carbons (Fsp3) is 1.00. The molecule has 1 saturated heterocycles. The van der Waals surface area contributed by atoms with E-state index in [9.17, 15) is 0 Å². The number of nitrogens with zero attached hydrogens (tertiary/aromatic N) is 1. The second-order valence-electron chi connectivity index (χ2n) is 4.55. The molecular weight excluding hydrogens is 160 g/mol. The molecule has 0 radical (unpaired) electrons. The predicted octanol–water partition coefficient (Wildman–Crippen LogP) is 1.74. The van der Waals surface area contributed by atoms with Crippen molar-refractivity contribution in [3.63, 3.8) is 0 Å². The van der Waals surface area contributed by atoms with Gasteiger partial charge in [-0.3, -0.25) is 4.90 Å². The molecule has 0 bridgehead atoms. The summed E-state index contributed by atoms with van der Waals surface area (Å²) < 4.78 is 0. The second kappa shape index (κ2) is 4.43. The van der Waals surface area contributed by atoms with Gasteiger partial charge in [0.05, 0.1) is 0 Å². The van der Waals surface area contributed by atoms with Crippen LogP contribution in [0.4, 0.5) is 0 Å². The van der Waals surface area contributed by atoms with Gasteiger partial charge in [0, 0.05) is 12.1 Å². The van der Waals surface area contributed by atoms with Crippen LogP contribution in [0.3, 0.4) is 0 Å². The lowest BCUT2D eigenvalue weighted by molar-refractivity contribution is 0.176. The summed E-state index contributed by atoms with van der Waals surface area (Å²) in [6, 6.07) is 1.74. The quantitative estimate of drug-likeness (QED) is 0.720. The maximum absolute atomic E-state index is 5.64. The van der Waals surface area contributed by atoms with Crippen LogP contribution in [-0.4, -0.2) is 30.1 Å². The molecule has 1 heterocycles. The van der Waals surface area contributed by atoms with Crippen molar-refractivity contribution in [2.45, 2.75) is 57.0 Å². The Kier molecular flexibility index (Phi) is 3.23. The number of rotatable bonds is 3. The molecule has 2 N–H and O–H groups in total. The van der Waals surface area contributed by atoms with E-state index >= 15 is 0 Å². The van der Waals surface area contributed by atoms with E-state index < -0.39 is 0 Å². The molecule has 0 amide bonds. The van der Waals surface area contributed by atoms with E-state index in [1.807, 2.05) is 0 Å². The van der Waals surface area contributed by atoms with Crippen molar-refractivity contribution in [1.29, 1.82) is 0 Å². The summed E-state index contributed by atoms with van der Waals surface area (Å²) >= 11 is 0. The molecule has 2 fully saturated rings. The topological polar surface area (TPSA) is 29.3 Å². The van der Waals surface area contributed by atoms with Crippen molar-refractivity contribution < 1.29 is 0 Å². The largest absolute Gasteiger partial charge is 0.330 e. The van der Waals surface area contributed by atoms with Crippen molar-refractivity contribution in [3.05, 3.63) is 0 Å². The van der Waals surface area contributed by atoms with E-state index in [4.69, 9.17) is 5.73 Å². The highest BCUT2D eigenvalue weighted by Gasteiger charge is 2.31. The number of nitrogens with two attached hydrogens (primary N) is 1. The van der Waals surface area contributed by atoms with Crippen molar-refractivity contribution in [2.75, 3.05) is 13.1 Å². The molecule has 1 atom stereocenters. The summed E-state index contributed by atoms with van der Waals surface area (Å²) in [5.74, 6) is 0. The van der Waals surface area contributed by atoms with E-state index in [1.165, 1.54) is 51.5 Å². The van der Waals surface area contributed by atoms with Crippen LogP contribution in [0.15, 0.2) is 0 Å². The van der Waals surface area contributed by atoms with Gasteiger partial charge >= 0.3 is 0 Å². The molecule has 76 valence electrons. The van der Waals surface area contributed by atoms with Crippen LogP contribution in [0.2, 0.25) is 0 Å². The van der Waals surface area contributed by atoms with Gasteiger partial charge in [0.15, 0.2) is 0 Å². The van der Waals surface area contributed by atoms with Gasteiger partial charge in [-0.15, -0.1) is 0 Å². The Morgan fingerprint density at radius 1 is 1.08 bits per heavy atom. The van der Waals surface area contributed by atoms with Gasteiger partial charge in [-0.2, -0.15) is 0 Å². The van der Waals surface area contributed by atoms with Gasteiger partial charge in [-0.25, -0.2) is 0 Å². The van der Waals surface area contributed by atoms with Crippen molar-refractivity contribution in [3.8, 4) is 0 Å². The molecule has 2 aliphatic rings. The van der Waals surface area contributed by atoms with E-state index in [1.54, 1.807) is 0 Å². The maximum atomic E-state index is 5.64. The normalized spacial score (nSPS) is 31.6. The minimum Gasteiger partial charge on any atom is -0.330 e. The molecule has 0 aromatic carbocycles. The fourth-order valence-electron chi connectivity index (χ4n) is 3.08. The summed E-state index contributed by atoms with van der Waals surface area (Å²) in [7, 11) is 0. The zero-order valence-corrected chi connectivity index (χ0v) is 8.54. The number of hydrogen-bond acceptors (Lipinski definition) is 2. The molecule has 1 saturated carbocycles. The third kappa shape index (κ3) is 2.05. The van der Waals surface area contributed by atoms with Crippen molar-refractivity contribution >= 4 is 0 Å². The lowest BCUT2D eigenvalue weighted by atomic mass is 10.1. The van der Waals surface area contributed by atoms with E-state index in [0.717, 1.165) is 18.6 Å². The molecule has 13 heavy (non-hydrogen) atoms. The monoisotopic (exact) mass is 182 g/mol. The second-order valence-corrected chi connectivity index (χ2v) is 4.55. The van der Waals surface area contributed by atoms with Gasteiger partial charge in [-0.1, -0.05) is 12.8 Å². The van der Waals surface area contributed by atoms with Crippen LogP contribution in [0.5, 0.6) is 0 Å². The summed E-state index contributed by atoms with van der Waals surface area (Å²) in [5, 5.41) is 0. The molecule has 1 aliphatic carbocycles. The summed E-state index contributed by atoms with van der Waals surface area (Å²) in [4.78, 5) is 2.75. The highest BCUT2D eigenvalue weighted by molar-refractivity contribution is 4.87. The number of hydrogen-bond donors (Lipinski definition) is 1. The smallest absolute Gasteiger partial charge is 0.0111 e. The molecule has 1 aliphatic heterocycles. The van der Waals surface area contributed by atoms with Crippen LogP contribution >= 0.6 is 0 Å². The predicted molar refractivity (Wildman–Crippen MR) is 55.7 cm³/mol. The van der Waals surface area contributed by atoms with Gasteiger partial charge < -0.3 is 5.73 Å². The van der Waals surface area contributed by atoms with Crippen molar-refractivity contribution in [2.24, 2.45) is 5.73 Å². The summed E-state index contributed by atoms with van der Waals surface area (Å²) in [5.41, 5.74) is 5.64. The Hall–Kier alpha value is -0.0800. The Morgan fingerprint density at radius 2 is 1.85 bits per heavy atom. The molecular formula is C11H22N2. The van der Waals surface area contributed by atoms with Crippen LogP contribution in [0.1, 0.15) is 44.9 Å². The van der Waals surface area contributed by atoms with Crippen LogP contribution in [-0.2, 0) is 0 Å². The lowest BCUT2D eigenvalue weighted by Crippen LogP contribution is -2.38. The third-order valence-electron chi connectivity index (χ3n) is 3.72. The first kappa shape index (κ1) is 9.47. The SMILES string of the molecule is NCC[C@H]1CCCN1C1CCCC1. The molecule has 2 heteroatoms. The van der Waals surface area contributed by atoms with Gasteiger partial charge in [0.1, 0.15) is 0 Å². The minimum absolute atomic E-state index is 0.827. The van der Waals surface area contributed by atoms with E-state index in [-0.39, 0.29) is 0 Å². The Morgan fingerprint density at radius 3 is 2.54 bits per heavy atom. The Balaban J connectivity index is 1.88. The van der Waals surface area contributed by atoms with Crippen LogP contribution in [0, 0.1) is 0 Å². The van der Waals surface area contributed by atoms with Crippen LogP contribution < -0.4 is 5.73 Å². The summed E-state index contributed by atoms with van der Waals surface area (Å²) in [6.07, 6.45) is 9.82. The van der Waals surface area contributed by atoms with E-state index in [0.29, 0.717) is 0 Å². The molecule has 0 aromatic heterocycles. The van der Waals surface area contributed by atoms with E-state index in [2.05, 4.69) is 4.90 Å². The first-order valence-corrected chi connectivity index (χ1v) is 5.87. The fourth-order valence-corrected chi connectivity index (χ4v) is 3.08. The van der Waals surface area contributed by atoms with Gasteiger partial charge in [0.25, 0.3) is 0 Å². The molecule has 0 unspecified atom stereocenters. The highest BCUT2D eigenvalue weighted by Crippen LogP contribution is 2.30. The third-order valence-corrected chi connectivity index (χ3v) is 3.72. The zero-order valence-electron chi connectivity index (χ0n) is 8.54. The first-order chi connectivity index (χ1) is 6.42. The molecule has 2 rings (SSSR count). The van der Waals surface area contributed by atoms with Crippen LogP contribution in [0.25, 0.3) is 0 Å². The Bertz CT molecular complexity index is 152. The van der Waals surface area contributed by atoms with Gasteiger partial charge in [-0.05, 0) is 45.2 Å².